The van der Waals surface area contributed by atoms with Crippen LogP contribution in [0.25, 0.3) is 0 Å². The monoisotopic (exact) mass is 287 g/mol. The van der Waals surface area contributed by atoms with Gasteiger partial charge in [0.25, 0.3) is 0 Å². The summed E-state index contributed by atoms with van der Waals surface area (Å²) in [7, 11) is 1.35. The SMILES string of the molecule is COC(=O)c1cccc(Sc2cc(C)ccc2C)c1N. The second kappa shape index (κ2) is 6.01. The Bertz CT molecular complexity index is 653. The van der Waals surface area contributed by atoms with Crippen LogP contribution in [0.1, 0.15) is 21.5 Å². The third-order valence-electron chi connectivity index (χ3n) is 3.03. The molecule has 20 heavy (non-hydrogen) atoms. The number of carbonyl (C=O) groups excluding carboxylic acids is 1. The summed E-state index contributed by atoms with van der Waals surface area (Å²) in [6.07, 6.45) is 0. The molecule has 0 unspecified atom stereocenters. The predicted molar refractivity (Wildman–Crippen MR) is 82.2 cm³/mol. The van der Waals surface area contributed by atoms with E-state index in [-0.39, 0.29) is 0 Å². The molecule has 2 N–H and O–H groups in total. The highest BCUT2D eigenvalue weighted by molar-refractivity contribution is 7.99. The fourth-order valence-electron chi connectivity index (χ4n) is 1.86. The molecule has 104 valence electrons. The second-order valence-corrected chi connectivity index (χ2v) is 5.66. The van der Waals surface area contributed by atoms with Gasteiger partial charge >= 0.3 is 5.97 Å². The summed E-state index contributed by atoms with van der Waals surface area (Å²) < 4.78 is 4.74. The Morgan fingerprint density at radius 3 is 2.60 bits per heavy atom. The number of hydrogen-bond donors (Lipinski definition) is 1. The Hall–Kier alpha value is -1.94. The van der Waals surface area contributed by atoms with Crippen molar-refractivity contribution < 1.29 is 9.53 Å². The Morgan fingerprint density at radius 2 is 1.90 bits per heavy atom. The molecule has 2 aromatic carbocycles. The lowest BCUT2D eigenvalue weighted by Crippen LogP contribution is -2.06. The Balaban J connectivity index is 2.39. The van der Waals surface area contributed by atoms with Gasteiger partial charge in [0, 0.05) is 9.79 Å². The molecular formula is C16H17NO2S. The summed E-state index contributed by atoms with van der Waals surface area (Å²) in [4.78, 5) is 13.6. The van der Waals surface area contributed by atoms with Crippen LogP contribution in [0.15, 0.2) is 46.2 Å². The maximum atomic E-state index is 11.6. The molecule has 0 aliphatic heterocycles. The van der Waals surface area contributed by atoms with Crippen LogP contribution in [-0.4, -0.2) is 13.1 Å². The lowest BCUT2D eigenvalue weighted by molar-refractivity contribution is 0.0601. The largest absolute Gasteiger partial charge is 0.465 e. The molecule has 0 amide bonds. The van der Waals surface area contributed by atoms with Crippen molar-refractivity contribution in [1.29, 1.82) is 0 Å². The molecule has 4 heteroatoms. The lowest BCUT2D eigenvalue weighted by Gasteiger charge is -2.11. The average Bonchev–Trinajstić information content (AvgIpc) is 2.44. The zero-order chi connectivity index (χ0) is 14.7. The highest BCUT2D eigenvalue weighted by Crippen LogP contribution is 2.36. The first-order chi connectivity index (χ1) is 9.52. The van der Waals surface area contributed by atoms with Gasteiger partial charge in [-0.3, -0.25) is 0 Å². The van der Waals surface area contributed by atoms with Crippen LogP contribution in [0.3, 0.4) is 0 Å². The van der Waals surface area contributed by atoms with Crippen LogP contribution in [0.2, 0.25) is 0 Å². The Labute approximate surface area is 123 Å². The van der Waals surface area contributed by atoms with E-state index in [4.69, 9.17) is 10.5 Å². The number of nitrogen functional groups attached to an aromatic ring is 1. The number of aryl methyl sites for hydroxylation is 2. The molecule has 2 aromatic rings. The molecule has 0 aromatic heterocycles. The minimum Gasteiger partial charge on any atom is -0.465 e. The zero-order valence-electron chi connectivity index (χ0n) is 11.8. The number of benzene rings is 2. The summed E-state index contributed by atoms with van der Waals surface area (Å²) in [6.45, 7) is 4.11. The van der Waals surface area contributed by atoms with Crippen molar-refractivity contribution in [3.63, 3.8) is 0 Å². The van der Waals surface area contributed by atoms with E-state index >= 15 is 0 Å². The van der Waals surface area contributed by atoms with Gasteiger partial charge in [-0.15, -0.1) is 0 Å². The number of hydrogen-bond acceptors (Lipinski definition) is 4. The molecule has 0 radical (unpaired) electrons. The molecule has 0 saturated heterocycles. The fourth-order valence-corrected chi connectivity index (χ4v) is 2.93. The molecule has 0 atom stereocenters. The minimum absolute atomic E-state index is 0.405. The van der Waals surface area contributed by atoms with Crippen LogP contribution in [-0.2, 0) is 4.74 Å². The molecule has 0 aliphatic carbocycles. The number of ether oxygens (including phenoxy) is 1. The smallest absolute Gasteiger partial charge is 0.339 e. The van der Waals surface area contributed by atoms with Crippen molar-refractivity contribution in [1.82, 2.24) is 0 Å². The average molecular weight is 287 g/mol. The van der Waals surface area contributed by atoms with Crippen molar-refractivity contribution in [2.45, 2.75) is 23.6 Å². The molecule has 0 bridgehead atoms. The maximum absolute atomic E-state index is 11.6. The molecular weight excluding hydrogens is 270 g/mol. The van der Waals surface area contributed by atoms with E-state index in [9.17, 15) is 4.79 Å². The van der Waals surface area contributed by atoms with Crippen molar-refractivity contribution in [3.05, 3.63) is 53.1 Å². The van der Waals surface area contributed by atoms with Gasteiger partial charge in [0.15, 0.2) is 0 Å². The van der Waals surface area contributed by atoms with Gasteiger partial charge in [-0.05, 0) is 43.2 Å². The van der Waals surface area contributed by atoms with Crippen LogP contribution in [0.5, 0.6) is 0 Å². The van der Waals surface area contributed by atoms with Gasteiger partial charge in [0.05, 0.1) is 18.4 Å². The topological polar surface area (TPSA) is 52.3 Å². The van der Waals surface area contributed by atoms with E-state index in [1.165, 1.54) is 18.2 Å². The molecule has 0 heterocycles. The van der Waals surface area contributed by atoms with Gasteiger partial charge < -0.3 is 10.5 Å². The van der Waals surface area contributed by atoms with Gasteiger partial charge in [0.2, 0.25) is 0 Å². The van der Waals surface area contributed by atoms with E-state index in [0.717, 1.165) is 9.79 Å². The van der Waals surface area contributed by atoms with Crippen molar-refractivity contribution in [2.75, 3.05) is 12.8 Å². The number of para-hydroxylation sites is 1. The molecule has 0 fully saturated rings. The van der Waals surface area contributed by atoms with Gasteiger partial charge in [-0.1, -0.05) is 30.0 Å². The summed E-state index contributed by atoms with van der Waals surface area (Å²) in [5, 5.41) is 0. The zero-order valence-corrected chi connectivity index (χ0v) is 12.6. The van der Waals surface area contributed by atoms with Crippen molar-refractivity contribution in [2.24, 2.45) is 0 Å². The first-order valence-corrected chi connectivity index (χ1v) is 7.06. The first kappa shape index (κ1) is 14.5. The van der Waals surface area contributed by atoms with E-state index in [0.29, 0.717) is 11.3 Å². The van der Waals surface area contributed by atoms with Crippen LogP contribution in [0, 0.1) is 13.8 Å². The van der Waals surface area contributed by atoms with Gasteiger partial charge in [-0.25, -0.2) is 4.79 Å². The summed E-state index contributed by atoms with van der Waals surface area (Å²) in [6, 6.07) is 11.7. The number of esters is 1. The number of nitrogens with two attached hydrogens (primary N) is 1. The number of rotatable bonds is 3. The lowest BCUT2D eigenvalue weighted by atomic mass is 10.2. The maximum Gasteiger partial charge on any atom is 0.339 e. The Morgan fingerprint density at radius 1 is 1.15 bits per heavy atom. The molecule has 0 spiro atoms. The van der Waals surface area contributed by atoms with Gasteiger partial charge in [-0.2, -0.15) is 0 Å². The molecule has 3 nitrogen and oxygen atoms in total. The van der Waals surface area contributed by atoms with Crippen molar-refractivity contribution in [3.8, 4) is 0 Å². The second-order valence-electron chi connectivity index (χ2n) is 4.58. The van der Waals surface area contributed by atoms with Crippen LogP contribution >= 0.6 is 11.8 Å². The summed E-state index contributed by atoms with van der Waals surface area (Å²) in [5.74, 6) is -0.411. The van der Waals surface area contributed by atoms with Crippen LogP contribution < -0.4 is 5.73 Å². The number of anilines is 1. The highest BCUT2D eigenvalue weighted by Gasteiger charge is 2.14. The quantitative estimate of drug-likeness (QED) is 0.688. The van der Waals surface area contributed by atoms with Gasteiger partial charge in [0.1, 0.15) is 0 Å². The Kier molecular flexibility index (Phi) is 4.35. The molecule has 0 aliphatic rings. The fraction of sp³-hybridized carbons (Fsp3) is 0.188. The first-order valence-electron chi connectivity index (χ1n) is 6.25. The predicted octanol–water partition coefficient (Wildman–Crippen LogP) is 3.82. The molecule has 0 saturated carbocycles. The standard InChI is InChI=1S/C16H17NO2S/c1-10-7-8-11(2)14(9-10)20-13-6-4-5-12(15(13)17)16(18)19-3/h4-9H,17H2,1-3H3. The van der Waals surface area contributed by atoms with Crippen LogP contribution in [0.4, 0.5) is 5.69 Å². The third kappa shape index (κ3) is 2.96. The summed E-state index contributed by atoms with van der Waals surface area (Å²) in [5.41, 5.74) is 9.32. The van der Waals surface area contributed by atoms with Crippen molar-refractivity contribution >= 4 is 23.4 Å². The third-order valence-corrected chi connectivity index (χ3v) is 4.27. The van der Waals surface area contributed by atoms with E-state index in [1.807, 2.05) is 12.1 Å². The minimum atomic E-state index is -0.411. The van der Waals surface area contributed by atoms with E-state index < -0.39 is 5.97 Å². The highest BCUT2D eigenvalue weighted by atomic mass is 32.2. The number of methoxy groups -OCH3 is 1. The number of carbonyl (C=O) groups is 1. The molecule has 2 rings (SSSR count). The van der Waals surface area contributed by atoms with E-state index in [2.05, 4.69) is 32.0 Å². The summed E-state index contributed by atoms with van der Waals surface area (Å²) >= 11 is 1.56. The normalized spacial score (nSPS) is 10.3. The van der Waals surface area contributed by atoms with E-state index in [1.54, 1.807) is 17.8 Å².